The van der Waals surface area contributed by atoms with Crippen molar-refractivity contribution in [1.29, 1.82) is 0 Å². The summed E-state index contributed by atoms with van der Waals surface area (Å²) in [6.07, 6.45) is 1.01. The molecule has 0 atom stereocenters. The Kier molecular flexibility index (Phi) is 2.83. The van der Waals surface area contributed by atoms with Gasteiger partial charge in [-0.3, -0.25) is 4.79 Å². The summed E-state index contributed by atoms with van der Waals surface area (Å²) in [5.74, 6) is 0. The van der Waals surface area contributed by atoms with Crippen molar-refractivity contribution in [2.24, 2.45) is 0 Å². The van der Waals surface area contributed by atoms with Gasteiger partial charge in [0.15, 0.2) is 0 Å². The fraction of sp³-hybridized carbons (Fsp3) is 0.222. The van der Waals surface area contributed by atoms with Crippen molar-refractivity contribution in [2.75, 3.05) is 0 Å². The third-order valence-corrected chi connectivity index (χ3v) is 2.05. The van der Waals surface area contributed by atoms with Gasteiger partial charge < -0.3 is 0 Å². The number of carbonyl (C=O) groups is 1. The second kappa shape index (κ2) is 3.67. The van der Waals surface area contributed by atoms with Gasteiger partial charge in [0.25, 0.3) is 0 Å². The van der Waals surface area contributed by atoms with Crippen LogP contribution in [0.1, 0.15) is 22.8 Å². The van der Waals surface area contributed by atoms with Crippen molar-refractivity contribution in [3.8, 4) is 0 Å². The van der Waals surface area contributed by atoms with Crippen LogP contribution < -0.4 is 0 Å². The predicted octanol–water partition coefficient (Wildman–Crippen LogP) is 2.78. The van der Waals surface area contributed by atoms with Gasteiger partial charge in [-0.2, -0.15) is 0 Å². The van der Waals surface area contributed by atoms with Crippen molar-refractivity contribution in [3.05, 3.63) is 35.4 Å². The Bertz CT molecular complexity index is 251. The number of hydrogen-bond donors (Lipinski definition) is 0. The molecule has 0 bridgehead atoms. The van der Waals surface area contributed by atoms with E-state index in [0.29, 0.717) is 5.56 Å². The Morgan fingerprint density at radius 2 is 1.91 bits per heavy atom. The lowest BCUT2D eigenvalue weighted by atomic mass is 10.1. The third kappa shape index (κ3) is 2.15. The van der Waals surface area contributed by atoms with Gasteiger partial charge in [-0.15, -0.1) is 0 Å². The molecule has 0 aliphatic rings. The minimum atomic E-state index is -0.0554. The quantitative estimate of drug-likeness (QED) is 0.690. The lowest BCUT2D eigenvalue weighted by Crippen LogP contribution is -1.87. The molecule has 1 rings (SSSR count). The van der Waals surface area contributed by atoms with Crippen LogP contribution in [-0.2, 0) is 6.42 Å². The summed E-state index contributed by atoms with van der Waals surface area (Å²) in [6, 6.07) is 7.59. The van der Waals surface area contributed by atoms with Crippen LogP contribution in [0.25, 0.3) is 0 Å². The summed E-state index contributed by atoms with van der Waals surface area (Å²) in [6.45, 7) is 2.09. The zero-order valence-corrected chi connectivity index (χ0v) is 7.89. The van der Waals surface area contributed by atoms with Crippen LogP contribution in [0.2, 0.25) is 0 Å². The predicted molar refractivity (Wildman–Crippen MR) is 49.1 cm³/mol. The van der Waals surface area contributed by atoms with E-state index < -0.39 is 0 Å². The molecule has 1 aromatic carbocycles. The first-order chi connectivity index (χ1) is 5.24. The molecule has 0 saturated heterocycles. The summed E-state index contributed by atoms with van der Waals surface area (Å²) >= 11 is 2.89. The topological polar surface area (TPSA) is 17.1 Å². The van der Waals surface area contributed by atoms with E-state index in [0.717, 1.165) is 6.42 Å². The fourth-order valence-electron chi connectivity index (χ4n) is 0.871. The van der Waals surface area contributed by atoms with Crippen LogP contribution in [-0.4, -0.2) is 4.69 Å². The van der Waals surface area contributed by atoms with Crippen molar-refractivity contribution in [3.63, 3.8) is 0 Å². The number of halogens is 1. The Morgan fingerprint density at radius 3 is 2.27 bits per heavy atom. The van der Waals surface area contributed by atoms with Gasteiger partial charge in [0.2, 0.25) is 4.69 Å². The lowest BCUT2D eigenvalue weighted by Gasteiger charge is -1.96. The maximum absolute atomic E-state index is 10.8. The Labute approximate surface area is 74.6 Å². The molecule has 2 heteroatoms. The lowest BCUT2D eigenvalue weighted by molar-refractivity contribution is 0.109. The monoisotopic (exact) mass is 212 g/mol. The van der Waals surface area contributed by atoms with E-state index in [9.17, 15) is 4.79 Å². The number of rotatable bonds is 2. The molecule has 0 radical (unpaired) electrons. The second-order valence-corrected chi connectivity index (χ2v) is 3.04. The zero-order valence-electron chi connectivity index (χ0n) is 6.30. The highest BCUT2D eigenvalue weighted by molar-refractivity contribution is 9.18. The number of benzene rings is 1. The highest BCUT2D eigenvalue weighted by Crippen LogP contribution is 2.08. The number of carbonyl (C=O) groups excluding carboxylic acids is 1. The molecule has 1 nitrogen and oxygen atoms in total. The van der Waals surface area contributed by atoms with Gasteiger partial charge in [0.05, 0.1) is 0 Å². The van der Waals surface area contributed by atoms with Crippen LogP contribution in [0.3, 0.4) is 0 Å². The van der Waals surface area contributed by atoms with E-state index >= 15 is 0 Å². The van der Waals surface area contributed by atoms with Gasteiger partial charge in [0.1, 0.15) is 0 Å². The molecule has 0 heterocycles. The van der Waals surface area contributed by atoms with Gasteiger partial charge >= 0.3 is 0 Å². The molecule has 1 aromatic rings. The highest BCUT2D eigenvalue weighted by Gasteiger charge is 1.98. The molecular weight excluding hydrogens is 204 g/mol. The second-order valence-electron chi connectivity index (χ2n) is 2.32. The number of aryl methyl sites for hydroxylation is 1. The first-order valence-electron chi connectivity index (χ1n) is 3.53. The molecule has 0 N–H and O–H groups in total. The van der Waals surface area contributed by atoms with Gasteiger partial charge in [-0.25, -0.2) is 0 Å². The van der Waals surface area contributed by atoms with E-state index in [1.807, 2.05) is 24.3 Å². The van der Waals surface area contributed by atoms with E-state index in [1.54, 1.807) is 0 Å². The van der Waals surface area contributed by atoms with Crippen molar-refractivity contribution >= 4 is 20.6 Å². The SMILES string of the molecule is CCc1ccc(C(=O)Br)cc1. The van der Waals surface area contributed by atoms with E-state index in [1.165, 1.54) is 5.56 Å². The standard InChI is InChI=1S/C9H9BrO/c1-2-7-3-5-8(6-4-7)9(10)11/h3-6H,2H2,1H3. The first kappa shape index (κ1) is 8.47. The molecule has 0 spiro atoms. The fourth-order valence-corrected chi connectivity index (χ4v) is 1.14. The zero-order chi connectivity index (χ0) is 8.27. The molecular formula is C9H9BrO. The van der Waals surface area contributed by atoms with Crippen molar-refractivity contribution in [2.45, 2.75) is 13.3 Å². The summed E-state index contributed by atoms with van der Waals surface area (Å²) in [5.41, 5.74) is 1.96. The number of hydrogen-bond acceptors (Lipinski definition) is 1. The van der Waals surface area contributed by atoms with Crippen LogP contribution in [0.15, 0.2) is 24.3 Å². The van der Waals surface area contributed by atoms with Gasteiger partial charge in [0, 0.05) is 5.56 Å². The average Bonchev–Trinajstić information content (AvgIpc) is 2.05. The summed E-state index contributed by atoms with van der Waals surface area (Å²) in [7, 11) is 0. The molecule has 11 heavy (non-hydrogen) atoms. The Hall–Kier alpha value is -0.630. The minimum absolute atomic E-state index is 0.0554. The maximum atomic E-state index is 10.8. The normalized spacial score (nSPS) is 9.64. The molecule has 0 unspecified atom stereocenters. The van der Waals surface area contributed by atoms with Crippen LogP contribution in [0.5, 0.6) is 0 Å². The maximum Gasteiger partial charge on any atom is 0.228 e. The van der Waals surface area contributed by atoms with Gasteiger partial charge in [-0.1, -0.05) is 31.2 Å². The summed E-state index contributed by atoms with van der Waals surface area (Å²) < 4.78 is -0.0554. The molecule has 0 aliphatic heterocycles. The molecule has 0 saturated carbocycles. The van der Waals surface area contributed by atoms with E-state index in [2.05, 4.69) is 22.9 Å². The smallest absolute Gasteiger partial charge is 0.228 e. The van der Waals surface area contributed by atoms with E-state index in [-0.39, 0.29) is 4.69 Å². The van der Waals surface area contributed by atoms with Crippen LogP contribution in [0.4, 0.5) is 0 Å². The first-order valence-corrected chi connectivity index (χ1v) is 4.32. The molecule has 0 aliphatic carbocycles. The van der Waals surface area contributed by atoms with Crippen LogP contribution >= 0.6 is 15.9 Å². The van der Waals surface area contributed by atoms with Gasteiger partial charge in [-0.05, 0) is 27.9 Å². The molecule has 0 aromatic heterocycles. The minimum Gasteiger partial charge on any atom is -0.281 e. The summed E-state index contributed by atoms with van der Waals surface area (Å²) in [4.78, 5) is 10.8. The Morgan fingerprint density at radius 1 is 1.36 bits per heavy atom. The van der Waals surface area contributed by atoms with Crippen LogP contribution in [0, 0.1) is 0 Å². The van der Waals surface area contributed by atoms with Crippen molar-refractivity contribution in [1.82, 2.24) is 0 Å². The average molecular weight is 213 g/mol. The highest BCUT2D eigenvalue weighted by atomic mass is 79.9. The largest absolute Gasteiger partial charge is 0.281 e. The molecule has 58 valence electrons. The third-order valence-electron chi connectivity index (χ3n) is 1.59. The van der Waals surface area contributed by atoms with E-state index in [4.69, 9.17) is 0 Å². The summed E-state index contributed by atoms with van der Waals surface area (Å²) in [5, 5.41) is 0. The Balaban J connectivity index is 2.91. The van der Waals surface area contributed by atoms with Crippen molar-refractivity contribution < 1.29 is 4.79 Å². The molecule has 0 fully saturated rings. The molecule has 0 amide bonds.